The van der Waals surface area contributed by atoms with Crippen molar-refractivity contribution in [1.82, 2.24) is 9.80 Å². The zero-order valence-electron chi connectivity index (χ0n) is 11.9. The van der Waals surface area contributed by atoms with Crippen LogP contribution in [0.2, 0.25) is 0 Å². The standard InChI is InChI=1S/C14H24N2O3/c1-3-14(2)5-8-15(9-6-14)13(19)16-7-4-11(10-16)12(17)18/h11H,3-10H2,1-2H3,(H,17,18). The van der Waals surface area contributed by atoms with E-state index in [1.807, 2.05) is 4.90 Å². The maximum Gasteiger partial charge on any atom is 0.320 e. The molecule has 1 atom stereocenters. The van der Waals surface area contributed by atoms with Crippen LogP contribution in [0.4, 0.5) is 4.79 Å². The molecule has 1 unspecified atom stereocenters. The van der Waals surface area contributed by atoms with Gasteiger partial charge in [0.15, 0.2) is 0 Å². The molecule has 2 aliphatic heterocycles. The summed E-state index contributed by atoms with van der Waals surface area (Å²) < 4.78 is 0. The Bertz CT molecular complexity index is 362. The molecule has 0 radical (unpaired) electrons. The molecular formula is C14H24N2O3. The predicted molar refractivity (Wildman–Crippen MR) is 71.9 cm³/mol. The molecule has 108 valence electrons. The number of carbonyl (C=O) groups excluding carboxylic acids is 1. The molecule has 19 heavy (non-hydrogen) atoms. The Kier molecular flexibility index (Phi) is 4.02. The Morgan fingerprint density at radius 1 is 1.21 bits per heavy atom. The third-order valence-electron chi connectivity index (χ3n) is 4.90. The lowest BCUT2D eigenvalue weighted by molar-refractivity contribution is -0.141. The van der Waals surface area contributed by atoms with Gasteiger partial charge in [0.25, 0.3) is 0 Å². The summed E-state index contributed by atoms with van der Waals surface area (Å²) in [5, 5.41) is 8.97. The number of hydrogen-bond acceptors (Lipinski definition) is 2. The minimum Gasteiger partial charge on any atom is -0.481 e. The number of piperidine rings is 1. The summed E-state index contributed by atoms with van der Waals surface area (Å²) in [4.78, 5) is 26.8. The van der Waals surface area contributed by atoms with Gasteiger partial charge in [-0.15, -0.1) is 0 Å². The number of amides is 2. The third-order valence-corrected chi connectivity index (χ3v) is 4.90. The molecule has 2 aliphatic rings. The van der Waals surface area contributed by atoms with Gasteiger partial charge in [0.2, 0.25) is 0 Å². The van der Waals surface area contributed by atoms with Crippen molar-refractivity contribution in [3.63, 3.8) is 0 Å². The van der Waals surface area contributed by atoms with Crippen LogP contribution in [-0.2, 0) is 4.79 Å². The average molecular weight is 268 g/mol. The Labute approximate surface area is 114 Å². The summed E-state index contributed by atoms with van der Waals surface area (Å²) in [7, 11) is 0. The highest BCUT2D eigenvalue weighted by Gasteiger charge is 2.36. The van der Waals surface area contributed by atoms with Crippen LogP contribution in [0.15, 0.2) is 0 Å². The number of nitrogens with zero attached hydrogens (tertiary/aromatic N) is 2. The van der Waals surface area contributed by atoms with Gasteiger partial charge in [0, 0.05) is 26.2 Å². The van der Waals surface area contributed by atoms with E-state index < -0.39 is 5.97 Å². The smallest absolute Gasteiger partial charge is 0.320 e. The number of likely N-dealkylation sites (tertiary alicyclic amines) is 2. The van der Waals surface area contributed by atoms with Crippen molar-refractivity contribution in [2.24, 2.45) is 11.3 Å². The van der Waals surface area contributed by atoms with Crippen molar-refractivity contribution < 1.29 is 14.7 Å². The predicted octanol–water partition coefficient (Wildman–Crippen LogP) is 2.03. The van der Waals surface area contributed by atoms with Crippen LogP contribution in [0.25, 0.3) is 0 Å². The van der Waals surface area contributed by atoms with E-state index in [1.54, 1.807) is 4.90 Å². The Morgan fingerprint density at radius 3 is 2.32 bits per heavy atom. The van der Waals surface area contributed by atoms with E-state index >= 15 is 0 Å². The molecule has 0 bridgehead atoms. The van der Waals surface area contributed by atoms with Crippen molar-refractivity contribution in [3.8, 4) is 0 Å². The quantitative estimate of drug-likeness (QED) is 0.833. The van der Waals surface area contributed by atoms with Gasteiger partial charge in [0.05, 0.1) is 5.92 Å². The molecule has 1 N–H and O–H groups in total. The van der Waals surface area contributed by atoms with Crippen LogP contribution < -0.4 is 0 Å². The zero-order chi connectivity index (χ0) is 14.0. The van der Waals surface area contributed by atoms with Crippen molar-refractivity contribution >= 4 is 12.0 Å². The maximum absolute atomic E-state index is 12.3. The van der Waals surface area contributed by atoms with Gasteiger partial charge < -0.3 is 14.9 Å². The molecule has 0 aromatic carbocycles. The fraction of sp³-hybridized carbons (Fsp3) is 0.857. The van der Waals surface area contributed by atoms with Crippen molar-refractivity contribution in [3.05, 3.63) is 0 Å². The SMILES string of the molecule is CCC1(C)CCN(C(=O)N2CCC(C(=O)O)C2)CC1. The highest BCUT2D eigenvalue weighted by atomic mass is 16.4. The van der Waals surface area contributed by atoms with Gasteiger partial charge in [-0.05, 0) is 24.7 Å². The molecular weight excluding hydrogens is 244 g/mol. The minimum absolute atomic E-state index is 0.0295. The molecule has 0 aliphatic carbocycles. The van der Waals surface area contributed by atoms with Crippen molar-refractivity contribution in [2.45, 2.75) is 39.5 Å². The molecule has 0 aromatic heterocycles. The molecule has 2 amide bonds. The molecule has 0 saturated carbocycles. The van der Waals surface area contributed by atoms with Crippen LogP contribution in [0, 0.1) is 11.3 Å². The average Bonchev–Trinajstić information content (AvgIpc) is 2.88. The first-order valence-electron chi connectivity index (χ1n) is 7.22. The van der Waals surface area contributed by atoms with Crippen molar-refractivity contribution in [1.29, 1.82) is 0 Å². The number of urea groups is 1. The summed E-state index contributed by atoms with van der Waals surface area (Å²) in [5.74, 6) is -1.16. The van der Waals surface area contributed by atoms with Gasteiger partial charge in [0.1, 0.15) is 0 Å². The zero-order valence-corrected chi connectivity index (χ0v) is 11.9. The highest BCUT2D eigenvalue weighted by molar-refractivity contribution is 5.77. The fourth-order valence-electron chi connectivity index (χ4n) is 2.93. The second-order valence-electron chi connectivity index (χ2n) is 6.20. The topological polar surface area (TPSA) is 60.9 Å². The molecule has 2 saturated heterocycles. The number of carboxylic acids is 1. The summed E-state index contributed by atoms with van der Waals surface area (Å²) in [5.41, 5.74) is 0.366. The third kappa shape index (κ3) is 3.01. The second-order valence-corrected chi connectivity index (χ2v) is 6.20. The molecule has 2 rings (SSSR count). The lowest BCUT2D eigenvalue weighted by Gasteiger charge is -2.40. The van der Waals surface area contributed by atoms with E-state index in [0.717, 1.165) is 32.4 Å². The monoisotopic (exact) mass is 268 g/mol. The van der Waals surface area contributed by atoms with Gasteiger partial charge in [-0.2, -0.15) is 0 Å². The normalized spacial score (nSPS) is 26.5. The number of carbonyl (C=O) groups is 2. The van der Waals surface area contributed by atoms with E-state index in [0.29, 0.717) is 24.9 Å². The van der Waals surface area contributed by atoms with Crippen molar-refractivity contribution in [2.75, 3.05) is 26.2 Å². The maximum atomic E-state index is 12.3. The van der Waals surface area contributed by atoms with Gasteiger partial charge in [-0.25, -0.2) is 4.79 Å². The first-order chi connectivity index (χ1) is 8.95. The Hall–Kier alpha value is -1.26. The lowest BCUT2D eigenvalue weighted by atomic mass is 9.78. The van der Waals surface area contributed by atoms with Gasteiger partial charge in [-0.3, -0.25) is 4.79 Å². The van der Waals surface area contributed by atoms with E-state index in [2.05, 4.69) is 13.8 Å². The molecule has 0 aromatic rings. The van der Waals surface area contributed by atoms with Crippen LogP contribution in [0.5, 0.6) is 0 Å². The number of carboxylic acid groups (broad SMARTS) is 1. The van der Waals surface area contributed by atoms with E-state index in [9.17, 15) is 9.59 Å². The first kappa shape index (κ1) is 14.2. The molecule has 2 heterocycles. The van der Waals surface area contributed by atoms with E-state index in [-0.39, 0.29) is 11.9 Å². The van der Waals surface area contributed by atoms with E-state index in [1.165, 1.54) is 0 Å². The second kappa shape index (κ2) is 5.39. The largest absolute Gasteiger partial charge is 0.481 e. The highest BCUT2D eigenvalue weighted by Crippen LogP contribution is 2.34. The summed E-state index contributed by atoms with van der Waals surface area (Å²) in [6.07, 6.45) is 3.83. The summed E-state index contributed by atoms with van der Waals surface area (Å²) in [6.45, 7) is 7.04. The van der Waals surface area contributed by atoms with Gasteiger partial charge >= 0.3 is 12.0 Å². The Balaban J connectivity index is 1.87. The molecule has 5 heteroatoms. The first-order valence-corrected chi connectivity index (χ1v) is 7.22. The summed E-state index contributed by atoms with van der Waals surface area (Å²) in [6, 6.07) is 0.0295. The van der Waals surface area contributed by atoms with Crippen LogP contribution in [0.1, 0.15) is 39.5 Å². The van der Waals surface area contributed by atoms with E-state index in [4.69, 9.17) is 5.11 Å². The fourth-order valence-corrected chi connectivity index (χ4v) is 2.93. The van der Waals surface area contributed by atoms with Crippen LogP contribution in [0.3, 0.4) is 0 Å². The number of aliphatic carboxylic acids is 1. The number of hydrogen-bond donors (Lipinski definition) is 1. The molecule has 0 spiro atoms. The minimum atomic E-state index is -0.785. The van der Waals surface area contributed by atoms with Crippen LogP contribution >= 0.6 is 0 Å². The molecule has 5 nitrogen and oxygen atoms in total. The van der Waals surface area contributed by atoms with Gasteiger partial charge in [-0.1, -0.05) is 20.3 Å². The Morgan fingerprint density at radius 2 is 1.84 bits per heavy atom. The number of rotatable bonds is 2. The molecule has 2 fully saturated rings. The lowest BCUT2D eigenvalue weighted by Crippen LogP contribution is -2.47. The summed E-state index contributed by atoms with van der Waals surface area (Å²) >= 11 is 0. The van der Waals surface area contributed by atoms with Crippen LogP contribution in [-0.4, -0.2) is 53.1 Å².